The fraction of sp³-hybridized carbons (Fsp3) is 0.818. The predicted molar refractivity (Wildman–Crippen MR) is 57.1 cm³/mol. The Kier molecular flexibility index (Phi) is 4.42. The molecule has 3 heteroatoms. The number of ether oxygens (including phenoxy) is 1. The highest BCUT2D eigenvalue weighted by molar-refractivity contribution is 5.09. The second kappa shape index (κ2) is 5.37. The van der Waals surface area contributed by atoms with Gasteiger partial charge in [-0.3, -0.25) is 0 Å². The van der Waals surface area contributed by atoms with Gasteiger partial charge in [0.15, 0.2) is 0 Å². The third kappa shape index (κ3) is 3.31. The van der Waals surface area contributed by atoms with Crippen molar-refractivity contribution in [3.05, 3.63) is 11.8 Å². The van der Waals surface area contributed by atoms with Crippen LogP contribution in [0.3, 0.4) is 0 Å². The van der Waals surface area contributed by atoms with E-state index in [1.165, 1.54) is 0 Å². The lowest BCUT2D eigenvalue weighted by molar-refractivity contribution is 0.0124. The zero-order chi connectivity index (χ0) is 10.4. The molecule has 0 aromatic rings. The zero-order valence-electron chi connectivity index (χ0n) is 9.18. The summed E-state index contributed by atoms with van der Waals surface area (Å²) in [5.41, 5.74) is -0.803. The third-order valence-electron chi connectivity index (χ3n) is 2.51. The standard InChI is InChI=1S/C11H21NO2/c1-3-12-8-7-11(2,13)10-6-4-5-9-14-10/h6,12-13H,3-5,7-9H2,1-2H3. The molecule has 0 saturated carbocycles. The van der Waals surface area contributed by atoms with Crippen molar-refractivity contribution >= 4 is 0 Å². The van der Waals surface area contributed by atoms with Gasteiger partial charge < -0.3 is 15.2 Å². The molecule has 14 heavy (non-hydrogen) atoms. The molecule has 82 valence electrons. The summed E-state index contributed by atoms with van der Waals surface area (Å²) in [5.74, 6) is 0.752. The summed E-state index contributed by atoms with van der Waals surface area (Å²) < 4.78 is 5.46. The molecule has 1 aliphatic rings. The highest BCUT2D eigenvalue weighted by atomic mass is 16.5. The molecule has 2 N–H and O–H groups in total. The predicted octanol–water partition coefficient (Wildman–Crippen LogP) is 1.43. The fourth-order valence-corrected chi connectivity index (χ4v) is 1.56. The van der Waals surface area contributed by atoms with Crippen LogP contribution in [0.2, 0.25) is 0 Å². The van der Waals surface area contributed by atoms with Crippen LogP contribution in [-0.4, -0.2) is 30.4 Å². The minimum atomic E-state index is -0.803. The Morgan fingerprint density at radius 1 is 1.64 bits per heavy atom. The van der Waals surface area contributed by atoms with Gasteiger partial charge in [-0.05, 0) is 45.4 Å². The quantitative estimate of drug-likeness (QED) is 0.658. The highest BCUT2D eigenvalue weighted by Gasteiger charge is 2.27. The molecule has 0 radical (unpaired) electrons. The second-order valence-corrected chi connectivity index (χ2v) is 3.94. The third-order valence-corrected chi connectivity index (χ3v) is 2.51. The molecular weight excluding hydrogens is 178 g/mol. The molecule has 3 nitrogen and oxygen atoms in total. The monoisotopic (exact) mass is 199 g/mol. The van der Waals surface area contributed by atoms with Crippen molar-refractivity contribution in [2.24, 2.45) is 0 Å². The average molecular weight is 199 g/mol. The van der Waals surface area contributed by atoms with E-state index in [2.05, 4.69) is 12.2 Å². The number of aliphatic hydroxyl groups is 1. The lowest BCUT2D eigenvalue weighted by Gasteiger charge is -2.28. The largest absolute Gasteiger partial charge is 0.495 e. The van der Waals surface area contributed by atoms with Crippen LogP contribution in [0.4, 0.5) is 0 Å². The Balaban J connectivity index is 2.41. The number of rotatable bonds is 5. The van der Waals surface area contributed by atoms with Crippen LogP contribution in [0, 0.1) is 0 Å². The summed E-state index contributed by atoms with van der Waals surface area (Å²) in [4.78, 5) is 0. The van der Waals surface area contributed by atoms with Crippen LogP contribution in [0.15, 0.2) is 11.8 Å². The van der Waals surface area contributed by atoms with E-state index < -0.39 is 5.60 Å². The van der Waals surface area contributed by atoms with Crippen LogP contribution >= 0.6 is 0 Å². The van der Waals surface area contributed by atoms with Gasteiger partial charge in [0.05, 0.1) is 6.61 Å². The normalized spacial score (nSPS) is 20.9. The van der Waals surface area contributed by atoms with Gasteiger partial charge >= 0.3 is 0 Å². The van der Waals surface area contributed by atoms with E-state index in [1.807, 2.05) is 13.0 Å². The smallest absolute Gasteiger partial charge is 0.123 e. The first-order valence-corrected chi connectivity index (χ1v) is 5.43. The van der Waals surface area contributed by atoms with E-state index in [4.69, 9.17) is 4.74 Å². The van der Waals surface area contributed by atoms with Crippen molar-refractivity contribution in [3.63, 3.8) is 0 Å². The molecule has 1 rings (SSSR count). The summed E-state index contributed by atoms with van der Waals surface area (Å²) in [6.07, 6.45) is 4.79. The first kappa shape index (κ1) is 11.5. The van der Waals surface area contributed by atoms with E-state index >= 15 is 0 Å². The van der Waals surface area contributed by atoms with Crippen LogP contribution in [0.5, 0.6) is 0 Å². The van der Waals surface area contributed by atoms with Crippen molar-refractivity contribution in [3.8, 4) is 0 Å². The van der Waals surface area contributed by atoms with Crippen molar-refractivity contribution < 1.29 is 9.84 Å². The van der Waals surface area contributed by atoms with Gasteiger partial charge in [0, 0.05) is 0 Å². The molecule has 1 unspecified atom stereocenters. The highest BCUT2D eigenvalue weighted by Crippen LogP contribution is 2.24. The molecule has 1 aliphatic heterocycles. The summed E-state index contributed by atoms with van der Waals surface area (Å²) >= 11 is 0. The maximum Gasteiger partial charge on any atom is 0.123 e. The molecule has 0 spiro atoms. The minimum absolute atomic E-state index is 0.701. The molecule has 0 bridgehead atoms. The molecule has 0 fully saturated rings. The van der Waals surface area contributed by atoms with Gasteiger partial charge in [-0.25, -0.2) is 0 Å². The summed E-state index contributed by atoms with van der Waals surface area (Å²) in [6.45, 7) is 6.38. The van der Waals surface area contributed by atoms with Crippen molar-refractivity contribution in [2.45, 2.75) is 38.7 Å². The van der Waals surface area contributed by atoms with Crippen molar-refractivity contribution in [1.29, 1.82) is 0 Å². The van der Waals surface area contributed by atoms with Crippen LogP contribution in [0.1, 0.15) is 33.1 Å². The molecular formula is C11H21NO2. The maximum absolute atomic E-state index is 10.1. The second-order valence-electron chi connectivity index (χ2n) is 3.94. The van der Waals surface area contributed by atoms with Gasteiger partial charge in [0.25, 0.3) is 0 Å². The molecule has 1 heterocycles. The molecule has 0 aliphatic carbocycles. The number of hydrogen-bond acceptors (Lipinski definition) is 3. The Morgan fingerprint density at radius 2 is 2.43 bits per heavy atom. The molecule has 1 atom stereocenters. The average Bonchev–Trinajstić information content (AvgIpc) is 2.19. The van der Waals surface area contributed by atoms with Gasteiger partial charge in [0.1, 0.15) is 11.4 Å². The summed E-state index contributed by atoms with van der Waals surface area (Å²) in [7, 11) is 0. The van der Waals surface area contributed by atoms with Crippen molar-refractivity contribution in [1.82, 2.24) is 5.32 Å². The van der Waals surface area contributed by atoms with Gasteiger partial charge in [0.2, 0.25) is 0 Å². The van der Waals surface area contributed by atoms with Gasteiger partial charge in [-0.1, -0.05) is 6.92 Å². The zero-order valence-corrected chi connectivity index (χ0v) is 9.18. The Bertz CT molecular complexity index is 199. The first-order valence-electron chi connectivity index (χ1n) is 5.43. The van der Waals surface area contributed by atoms with Crippen LogP contribution in [-0.2, 0) is 4.74 Å². The lowest BCUT2D eigenvalue weighted by Crippen LogP contribution is -2.34. The van der Waals surface area contributed by atoms with Crippen molar-refractivity contribution in [2.75, 3.05) is 19.7 Å². The molecule has 0 amide bonds. The Morgan fingerprint density at radius 3 is 3.00 bits per heavy atom. The number of hydrogen-bond donors (Lipinski definition) is 2. The van der Waals surface area contributed by atoms with E-state index in [0.29, 0.717) is 6.42 Å². The van der Waals surface area contributed by atoms with Crippen LogP contribution < -0.4 is 5.32 Å². The summed E-state index contributed by atoms with van der Waals surface area (Å²) in [5, 5.41) is 13.3. The minimum Gasteiger partial charge on any atom is -0.495 e. The first-order chi connectivity index (χ1) is 6.67. The lowest BCUT2D eigenvalue weighted by atomic mass is 9.97. The number of allylic oxidation sites excluding steroid dienone is 1. The SMILES string of the molecule is CCNCCC(C)(O)C1=CCCCO1. The van der Waals surface area contributed by atoms with Crippen LogP contribution in [0.25, 0.3) is 0 Å². The fourth-order valence-electron chi connectivity index (χ4n) is 1.56. The van der Waals surface area contributed by atoms with Gasteiger partial charge in [-0.15, -0.1) is 0 Å². The molecule has 0 aromatic carbocycles. The van der Waals surface area contributed by atoms with E-state index in [-0.39, 0.29) is 0 Å². The Labute approximate surface area is 86.2 Å². The molecule has 0 saturated heterocycles. The maximum atomic E-state index is 10.1. The molecule has 0 aromatic heterocycles. The topological polar surface area (TPSA) is 41.5 Å². The number of nitrogens with one attached hydrogen (secondary N) is 1. The van der Waals surface area contributed by atoms with Gasteiger partial charge in [-0.2, -0.15) is 0 Å². The van der Waals surface area contributed by atoms with E-state index in [0.717, 1.165) is 38.3 Å². The summed E-state index contributed by atoms with van der Waals surface area (Å²) in [6, 6.07) is 0. The van der Waals surface area contributed by atoms with E-state index in [1.54, 1.807) is 0 Å². The Hall–Kier alpha value is -0.540. The van der Waals surface area contributed by atoms with E-state index in [9.17, 15) is 5.11 Å².